The van der Waals surface area contributed by atoms with Gasteiger partial charge in [-0.1, -0.05) is 0 Å². The minimum absolute atomic E-state index is 0.0383. The van der Waals surface area contributed by atoms with Gasteiger partial charge in [-0.3, -0.25) is 9.78 Å². The fourth-order valence-electron chi connectivity index (χ4n) is 2.78. The van der Waals surface area contributed by atoms with Gasteiger partial charge in [-0.25, -0.2) is 4.98 Å². The molecule has 0 bridgehead atoms. The first-order valence-electron chi connectivity index (χ1n) is 7.02. The van der Waals surface area contributed by atoms with Gasteiger partial charge in [0, 0.05) is 17.3 Å². The van der Waals surface area contributed by atoms with E-state index in [9.17, 15) is 4.79 Å². The number of Topliss-reactive ketones (excluding diaryl/α,β-unsaturated/α-hetero) is 1. The fraction of sp³-hybridized carbons (Fsp3) is 0.333. The number of halogens is 1. The number of ether oxygens (including phenoxy) is 1. The van der Waals surface area contributed by atoms with Crippen LogP contribution in [0.4, 0.5) is 11.8 Å². The van der Waals surface area contributed by atoms with E-state index in [0.29, 0.717) is 22.5 Å². The number of hydrogen-bond donors (Lipinski definition) is 1. The van der Waals surface area contributed by atoms with Gasteiger partial charge in [-0.15, -0.1) is 0 Å². The van der Waals surface area contributed by atoms with Crippen molar-refractivity contribution in [2.45, 2.75) is 20.4 Å². The molecule has 0 unspecified atom stereocenters. The number of hydrogen-bond acceptors (Lipinski definition) is 7. The number of ketones is 1. The number of nitrogens with two attached hydrogens (primary N) is 1. The van der Waals surface area contributed by atoms with E-state index in [1.165, 1.54) is 0 Å². The molecule has 7 nitrogen and oxygen atoms in total. The topological polar surface area (TPSA) is 94.2 Å². The number of fused-ring (bicyclic) bond motifs is 1. The Morgan fingerprint density at radius 3 is 2.83 bits per heavy atom. The summed E-state index contributed by atoms with van der Waals surface area (Å²) in [6.45, 7) is 4.58. The molecule has 0 fully saturated rings. The Balaban J connectivity index is 2.00. The lowest BCUT2D eigenvalue weighted by molar-refractivity contribution is 0.101. The van der Waals surface area contributed by atoms with E-state index in [-0.39, 0.29) is 18.3 Å². The number of nitrogen functional groups attached to an aromatic ring is 1. The van der Waals surface area contributed by atoms with Crippen LogP contribution in [0.5, 0.6) is 5.75 Å². The Morgan fingerprint density at radius 1 is 1.39 bits per heavy atom. The molecule has 0 spiro atoms. The maximum atomic E-state index is 12.2. The van der Waals surface area contributed by atoms with Crippen LogP contribution in [0.15, 0.2) is 10.8 Å². The molecule has 0 saturated carbocycles. The van der Waals surface area contributed by atoms with Crippen molar-refractivity contribution in [2.75, 3.05) is 24.3 Å². The van der Waals surface area contributed by atoms with E-state index < -0.39 is 0 Å². The van der Waals surface area contributed by atoms with E-state index in [1.807, 2.05) is 18.7 Å². The van der Waals surface area contributed by atoms with Crippen molar-refractivity contribution >= 4 is 33.5 Å². The predicted molar refractivity (Wildman–Crippen MR) is 89.8 cm³/mol. The highest BCUT2D eigenvalue weighted by Crippen LogP contribution is 2.33. The summed E-state index contributed by atoms with van der Waals surface area (Å²) in [4.78, 5) is 26.8. The lowest BCUT2D eigenvalue weighted by Crippen LogP contribution is -2.24. The van der Waals surface area contributed by atoms with Crippen LogP contribution in [0.2, 0.25) is 0 Å². The largest absolute Gasteiger partial charge is 0.496 e. The van der Waals surface area contributed by atoms with Crippen LogP contribution >= 0.6 is 15.9 Å². The quantitative estimate of drug-likeness (QED) is 0.817. The standard InChI is InChI=1S/C15H16BrN5O2/c1-7-4-18-9(8(2)12(7)23-3)5-21-6-10(22)11-13(16)19-15(17)20-14(11)21/h4H,5-6H2,1-3H3,(H2,17,19,20). The lowest BCUT2D eigenvalue weighted by Gasteiger charge is -2.19. The number of rotatable bonds is 3. The van der Waals surface area contributed by atoms with E-state index in [1.54, 1.807) is 13.3 Å². The Hall–Kier alpha value is -2.22. The van der Waals surface area contributed by atoms with Gasteiger partial charge in [0.2, 0.25) is 5.95 Å². The molecule has 23 heavy (non-hydrogen) atoms. The van der Waals surface area contributed by atoms with E-state index in [4.69, 9.17) is 10.5 Å². The molecule has 1 aliphatic heterocycles. The van der Waals surface area contributed by atoms with E-state index in [2.05, 4.69) is 30.9 Å². The van der Waals surface area contributed by atoms with Gasteiger partial charge in [-0.2, -0.15) is 4.98 Å². The number of aromatic nitrogens is 3. The van der Waals surface area contributed by atoms with E-state index in [0.717, 1.165) is 22.6 Å². The molecule has 120 valence electrons. The van der Waals surface area contributed by atoms with Crippen LogP contribution in [0.1, 0.15) is 27.2 Å². The lowest BCUT2D eigenvalue weighted by atomic mass is 10.1. The number of methoxy groups -OCH3 is 1. The molecule has 0 amide bonds. The second-order valence-corrected chi connectivity index (χ2v) is 6.15. The Kier molecular flexibility index (Phi) is 3.93. The molecule has 0 atom stereocenters. The fourth-order valence-corrected chi connectivity index (χ4v) is 3.36. The summed E-state index contributed by atoms with van der Waals surface area (Å²) in [5.74, 6) is 1.43. The predicted octanol–water partition coefficient (Wildman–Crippen LogP) is 2.04. The minimum atomic E-state index is -0.0383. The summed E-state index contributed by atoms with van der Waals surface area (Å²) in [5.41, 5.74) is 8.93. The second-order valence-electron chi connectivity index (χ2n) is 5.40. The van der Waals surface area contributed by atoms with Gasteiger partial charge in [0.15, 0.2) is 5.78 Å². The third-order valence-corrected chi connectivity index (χ3v) is 4.44. The normalized spacial score (nSPS) is 13.4. The highest BCUT2D eigenvalue weighted by atomic mass is 79.9. The SMILES string of the molecule is COc1c(C)cnc(CN2CC(=O)c3c(Br)nc(N)nc32)c1C. The molecule has 0 aliphatic carbocycles. The van der Waals surface area contributed by atoms with Gasteiger partial charge in [0.1, 0.15) is 16.2 Å². The zero-order chi connectivity index (χ0) is 16.7. The number of aryl methyl sites for hydroxylation is 1. The Labute approximate surface area is 142 Å². The van der Waals surface area contributed by atoms with Crippen LogP contribution < -0.4 is 15.4 Å². The second kappa shape index (κ2) is 5.77. The van der Waals surface area contributed by atoms with Crippen molar-refractivity contribution in [3.63, 3.8) is 0 Å². The van der Waals surface area contributed by atoms with Crippen LogP contribution in [0.3, 0.4) is 0 Å². The molecular formula is C15H16BrN5O2. The van der Waals surface area contributed by atoms with Gasteiger partial charge >= 0.3 is 0 Å². The van der Waals surface area contributed by atoms with Crippen LogP contribution in [-0.2, 0) is 6.54 Å². The average molecular weight is 378 g/mol. The zero-order valence-corrected chi connectivity index (χ0v) is 14.6. The maximum Gasteiger partial charge on any atom is 0.223 e. The summed E-state index contributed by atoms with van der Waals surface area (Å²) < 4.78 is 5.86. The van der Waals surface area contributed by atoms with Crippen LogP contribution in [-0.4, -0.2) is 34.4 Å². The number of anilines is 2. The average Bonchev–Trinajstić information content (AvgIpc) is 2.79. The molecular weight excluding hydrogens is 362 g/mol. The maximum absolute atomic E-state index is 12.2. The Bertz CT molecular complexity index is 809. The first kappa shape index (κ1) is 15.7. The Morgan fingerprint density at radius 2 is 2.13 bits per heavy atom. The number of carbonyl (C=O) groups excluding carboxylic acids is 1. The third-order valence-electron chi connectivity index (χ3n) is 3.87. The highest BCUT2D eigenvalue weighted by molar-refractivity contribution is 9.10. The van der Waals surface area contributed by atoms with Crippen molar-refractivity contribution in [1.29, 1.82) is 0 Å². The molecule has 1 aliphatic rings. The monoisotopic (exact) mass is 377 g/mol. The van der Waals surface area contributed by atoms with Gasteiger partial charge in [-0.05, 0) is 29.8 Å². The van der Waals surface area contributed by atoms with Crippen molar-refractivity contribution in [2.24, 2.45) is 0 Å². The first-order chi connectivity index (χ1) is 10.9. The summed E-state index contributed by atoms with van der Waals surface area (Å²) >= 11 is 3.28. The first-order valence-corrected chi connectivity index (χ1v) is 7.82. The highest BCUT2D eigenvalue weighted by Gasteiger charge is 2.32. The molecule has 2 aromatic rings. The number of carbonyl (C=O) groups is 1. The molecule has 0 aromatic carbocycles. The number of nitrogens with zero attached hydrogens (tertiary/aromatic N) is 4. The van der Waals surface area contributed by atoms with Gasteiger partial charge < -0.3 is 15.4 Å². The van der Waals surface area contributed by atoms with Crippen LogP contribution in [0, 0.1) is 13.8 Å². The molecule has 8 heteroatoms. The molecule has 2 aromatic heterocycles. The minimum Gasteiger partial charge on any atom is -0.496 e. The molecule has 2 N–H and O–H groups in total. The van der Waals surface area contributed by atoms with Crippen molar-refractivity contribution < 1.29 is 9.53 Å². The third kappa shape index (κ3) is 2.63. The number of pyridine rings is 1. The van der Waals surface area contributed by atoms with E-state index >= 15 is 0 Å². The van der Waals surface area contributed by atoms with Gasteiger partial charge in [0.25, 0.3) is 0 Å². The van der Waals surface area contributed by atoms with Crippen molar-refractivity contribution in [3.8, 4) is 5.75 Å². The van der Waals surface area contributed by atoms with Crippen molar-refractivity contribution in [1.82, 2.24) is 15.0 Å². The van der Waals surface area contributed by atoms with Gasteiger partial charge in [0.05, 0.1) is 31.5 Å². The smallest absolute Gasteiger partial charge is 0.223 e. The molecule has 3 rings (SSSR count). The summed E-state index contributed by atoms with van der Waals surface area (Å²) in [6, 6.07) is 0. The summed E-state index contributed by atoms with van der Waals surface area (Å²) in [6.07, 6.45) is 1.77. The zero-order valence-electron chi connectivity index (χ0n) is 13.1. The summed E-state index contributed by atoms with van der Waals surface area (Å²) in [5, 5.41) is 0. The summed E-state index contributed by atoms with van der Waals surface area (Å²) in [7, 11) is 1.64. The van der Waals surface area contributed by atoms with Crippen molar-refractivity contribution in [3.05, 3.63) is 33.2 Å². The molecule has 0 saturated heterocycles. The molecule has 3 heterocycles. The van der Waals surface area contributed by atoms with Crippen LogP contribution in [0.25, 0.3) is 0 Å². The molecule has 0 radical (unpaired) electrons.